The molecule has 0 fully saturated rings. The molecule has 0 amide bonds. The van der Waals surface area contributed by atoms with Crippen molar-refractivity contribution in [1.82, 2.24) is 29.1 Å². The molecule has 6 rings (SSSR count). The molecule has 3 aromatic rings. The van der Waals surface area contributed by atoms with Gasteiger partial charge >= 0.3 is 5.69 Å². The van der Waals surface area contributed by atoms with Gasteiger partial charge in [0.2, 0.25) is 5.95 Å². The highest BCUT2D eigenvalue weighted by molar-refractivity contribution is 7.16. The molecule has 0 radical (unpaired) electrons. The van der Waals surface area contributed by atoms with Crippen molar-refractivity contribution < 1.29 is 14.2 Å². The average molecular weight is 541 g/mol. The molecule has 0 spiro atoms. The number of H-pyrrole nitrogens is 1. The molecule has 11 heteroatoms. The number of nitrogens with zero attached hydrogens (tertiary/aromatic N) is 5. The van der Waals surface area contributed by atoms with Crippen molar-refractivity contribution in [3.63, 3.8) is 0 Å². The van der Waals surface area contributed by atoms with E-state index < -0.39 is 0 Å². The molecular formula is C27H34FN6O3P. The van der Waals surface area contributed by atoms with Crippen molar-refractivity contribution in [2.75, 3.05) is 19.4 Å². The zero-order valence-electron chi connectivity index (χ0n) is 21.7. The smallest absolute Gasteiger partial charge is 0.327 e. The Morgan fingerprint density at radius 2 is 2.11 bits per heavy atom. The zero-order valence-corrected chi connectivity index (χ0v) is 22.9. The number of aliphatic hydroxyl groups excluding tert-OH is 1. The first-order valence-corrected chi connectivity index (χ1v) is 13.7. The Balaban J connectivity index is 0.000000179. The van der Waals surface area contributed by atoms with Crippen LogP contribution >= 0.6 is 9.24 Å². The summed E-state index contributed by atoms with van der Waals surface area (Å²) in [5.41, 5.74) is 3.74. The van der Waals surface area contributed by atoms with Gasteiger partial charge in [0.1, 0.15) is 23.4 Å². The Bertz CT molecular complexity index is 1450. The van der Waals surface area contributed by atoms with Crippen molar-refractivity contribution in [1.29, 1.82) is 0 Å². The number of imidazole rings is 2. The summed E-state index contributed by atoms with van der Waals surface area (Å²) in [6.45, 7) is 5.05. The normalized spacial score (nSPS) is 17.8. The lowest BCUT2D eigenvalue weighted by Gasteiger charge is -2.22. The molecule has 0 bridgehead atoms. The van der Waals surface area contributed by atoms with E-state index in [2.05, 4.69) is 49.1 Å². The maximum absolute atomic E-state index is 13.1. The number of hydrogen-bond acceptors (Lipinski definition) is 6. The van der Waals surface area contributed by atoms with Gasteiger partial charge in [-0.25, -0.2) is 19.2 Å². The molecule has 0 aromatic carbocycles. The first kappa shape index (κ1) is 27.7. The van der Waals surface area contributed by atoms with Gasteiger partial charge in [-0.2, -0.15) is 4.98 Å². The van der Waals surface area contributed by atoms with Crippen molar-refractivity contribution in [3.05, 3.63) is 75.9 Å². The Morgan fingerprint density at radius 3 is 2.89 bits per heavy atom. The molecule has 202 valence electrons. The van der Waals surface area contributed by atoms with Crippen LogP contribution in [0.25, 0.3) is 23.2 Å². The third kappa shape index (κ3) is 6.19. The minimum absolute atomic E-state index is 0.0707. The number of halogens is 1. The molecule has 2 atom stereocenters. The Morgan fingerprint density at radius 1 is 1.29 bits per heavy atom. The summed E-state index contributed by atoms with van der Waals surface area (Å²) >= 11 is 0. The van der Waals surface area contributed by atoms with E-state index in [1.807, 2.05) is 22.8 Å². The molecule has 9 nitrogen and oxygen atoms in total. The quantitative estimate of drug-likeness (QED) is 0.481. The maximum atomic E-state index is 13.1. The van der Waals surface area contributed by atoms with E-state index in [4.69, 9.17) is 9.84 Å². The number of fused-ring (bicyclic) bond motifs is 2. The van der Waals surface area contributed by atoms with Gasteiger partial charge < -0.3 is 9.84 Å². The van der Waals surface area contributed by atoms with Crippen LogP contribution in [0.4, 0.5) is 4.39 Å². The molecule has 0 saturated carbocycles. The number of hydrogen-bond donors (Lipinski definition) is 2. The second-order valence-corrected chi connectivity index (χ2v) is 9.88. The lowest BCUT2D eigenvalue weighted by molar-refractivity contribution is 0.183. The van der Waals surface area contributed by atoms with Crippen LogP contribution in [0.15, 0.2) is 58.8 Å². The fourth-order valence-corrected chi connectivity index (χ4v) is 4.40. The highest BCUT2D eigenvalue weighted by atomic mass is 31.0. The van der Waals surface area contributed by atoms with Crippen LogP contribution in [0.1, 0.15) is 44.5 Å². The van der Waals surface area contributed by atoms with Crippen LogP contribution in [0.5, 0.6) is 0 Å². The highest BCUT2D eigenvalue weighted by Crippen LogP contribution is 2.30. The first-order chi connectivity index (χ1) is 18.5. The minimum atomic E-state index is -0.303. The number of ether oxygens (including phenoxy) is 1. The Labute approximate surface area is 223 Å². The average Bonchev–Trinajstić information content (AvgIpc) is 3.40. The van der Waals surface area contributed by atoms with Crippen molar-refractivity contribution in [2.24, 2.45) is 5.92 Å². The number of nitrogens with one attached hydrogen (secondary N) is 1. The molecule has 1 unspecified atom stereocenters. The lowest BCUT2D eigenvalue weighted by atomic mass is 9.94. The zero-order chi connectivity index (χ0) is 27.1. The molecule has 2 aliphatic carbocycles. The number of aliphatic hydroxyl groups is 1. The van der Waals surface area contributed by atoms with Crippen LogP contribution in [0.3, 0.4) is 0 Å². The summed E-state index contributed by atoms with van der Waals surface area (Å²) < 4.78 is 21.8. The van der Waals surface area contributed by atoms with E-state index in [9.17, 15) is 9.18 Å². The van der Waals surface area contributed by atoms with Gasteiger partial charge in [0, 0.05) is 6.42 Å². The maximum Gasteiger partial charge on any atom is 0.327 e. The van der Waals surface area contributed by atoms with Gasteiger partial charge in [-0.05, 0) is 55.1 Å². The van der Waals surface area contributed by atoms with Crippen molar-refractivity contribution in [3.8, 4) is 5.95 Å². The first-order valence-electron chi connectivity index (χ1n) is 12.9. The lowest BCUT2D eigenvalue weighted by Crippen LogP contribution is -2.18. The van der Waals surface area contributed by atoms with Gasteiger partial charge in [0.25, 0.3) is 0 Å². The molecule has 3 aliphatic rings. The number of rotatable bonds is 3. The second-order valence-electron chi connectivity index (χ2n) is 9.06. The summed E-state index contributed by atoms with van der Waals surface area (Å²) in [6, 6.07) is 0. The molecule has 4 heterocycles. The summed E-state index contributed by atoms with van der Waals surface area (Å²) in [4.78, 5) is 27.7. The summed E-state index contributed by atoms with van der Waals surface area (Å²) in [7, 11) is 2.58. The standard InChI is InChI=1S/C14H14N6O2.C11H13FO.C2H7P/c21-6-5-19-11-7-15-13(17-12(11)18-14(19)22)20-8-16-9-3-1-2-4-10(9)20;1-8-5-6-13-11-4-2-3-9(12)7-10(8)11;1-2-3/h2,4,7-8,21H,1,3,5-6H2,(H,15,17,18,22);2,4,7-8H,3,5-6H2,1H3;2-3H2,1H3/t;8-;/m.1./s1. The Kier molecular flexibility index (Phi) is 9.42. The Hall–Kier alpha value is -3.36. The SMILES string of the molecule is CCP.C[C@@H]1CCOC2=C1C=C(F)CC=C2.O=c1[nH]c2nc(-n3cnc4c3C=CCC4)ncc2n1CCO. The number of aromatic amines is 1. The van der Waals surface area contributed by atoms with E-state index in [0.717, 1.165) is 48.6 Å². The van der Waals surface area contributed by atoms with Gasteiger partial charge in [-0.15, -0.1) is 9.24 Å². The predicted molar refractivity (Wildman–Crippen MR) is 150 cm³/mol. The monoisotopic (exact) mass is 540 g/mol. The molecule has 2 N–H and O–H groups in total. The van der Waals surface area contributed by atoms with Gasteiger partial charge in [-0.3, -0.25) is 14.1 Å². The van der Waals surface area contributed by atoms with Gasteiger partial charge in [0.15, 0.2) is 5.65 Å². The van der Waals surface area contributed by atoms with Crippen LogP contribution in [-0.2, 0) is 17.7 Å². The molecule has 0 saturated heterocycles. The predicted octanol–water partition coefficient (Wildman–Crippen LogP) is 4.25. The fourth-order valence-electron chi connectivity index (χ4n) is 4.40. The van der Waals surface area contributed by atoms with Crippen LogP contribution < -0.4 is 5.69 Å². The largest absolute Gasteiger partial charge is 0.493 e. The molecular weight excluding hydrogens is 506 g/mol. The van der Waals surface area contributed by atoms with Gasteiger partial charge in [0.05, 0.1) is 37.3 Å². The molecule has 38 heavy (non-hydrogen) atoms. The summed E-state index contributed by atoms with van der Waals surface area (Å²) in [6.07, 6.45) is 17.1. The van der Waals surface area contributed by atoms with Crippen LogP contribution in [0.2, 0.25) is 0 Å². The highest BCUT2D eigenvalue weighted by Gasteiger charge is 2.20. The fraction of sp³-hybridized carbons (Fsp3) is 0.407. The third-order valence-corrected chi connectivity index (χ3v) is 6.28. The summed E-state index contributed by atoms with van der Waals surface area (Å²) in [5.74, 6) is 1.66. The number of allylic oxidation sites excluding steroid dienone is 6. The topological polar surface area (TPSA) is 111 Å². The summed E-state index contributed by atoms with van der Waals surface area (Å²) in [5, 5.41) is 9.02. The second kappa shape index (κ2) is 12.9. The van der Waals surface area contributed by atoms with E-state index in [0.29, 0.717) is 29.5 Å². The van der Waals surface area contributed by atoms with Gasteiger partial charge in [-0.1, -0.05) is 26.0 Å². The third-order valence-electron chi connectivity index (χ3n) is 6.28. The number of aromatic nitrogens is 6. The number of aryl methyl sites for hydroxylation is 1. The van der Waals surface area contributed by atoms with Crippen LogP contribution in [0, 0.1) is 5.92 Å². The van der Waals surface area contributed by atoms with E-state index in [-0.39, 0.29) is 24.7 Å². The van der Waals surface area contributed by atoms with Crippen molar-refractivity contribution in [2.45, 2.75) is 46.1 Å². The minimum Gasteiger partial charge on any atom is -0.493 e. The van der Waals surface area contributed by atoms with E-state index in [1.165, 1.54) is 10.7 Å². The van der Waals surface area contributed by atoms with E-state index in [1.54, 1.807) is 18.6 Å². The molecule has 3 aromatic heterocycles. The van der Waals surface area contributed by atoms with E-state index >= 15 is 0 Å². The molecule has 1 aliphatic heterocycles. The van der Waals surface area contributed by atoms with Crippen molar-refractivity contribution >= 4 is 26.5 Å². The van der Waals surface area contributed by atoms with Crippen LogP contribution in [-0.4, -0.2) is 53.6 Å².